The van der Waals surface area contributed by atoms with Crippen LogP contribution < -0.4 is 37.2 Å². The van der Waals surface area contributed by atoms with Gasteiger partial charge in [0.1, 0.15) is 18.1 Å². The Hall–Kier alpha value is -4.32. The summed E-state index contributed by atoms with van der Waals surface area (Å²) in [6.45, 7) is 6.41. The van der Waals surface area contributed by atoms with E-state index in [1.54, 1.807) is 7.05 Å². The predicted octanol–water partition coefficient (Wildman–Crippen LogP) is -3.30. The van der Waals surface area contributed by atoms with Crippen LogP contribution >= 0.6 is 0 Å². The molecule has 272 valence electrons. The molecule has 1 aliphatic heterocycles. The maximum Gasteiger partial charge on any atom is 0.303 e. The number of hydrogen-bond donors (Lipinski definition) is 9. The number of aliphatic hydroxyl groups is 1. The Bertz CT molecular complexity index is 1150. The molecule has 48 heavy (non-hydrogen) atoms. The summed E-state index contributed by atoms with van der Waals surface area (Å²) in [5.74, 6) is -5.70. The average Bonchev–Trinajstić information content (AvgIpc) is 3.53. The molecule has 0 bridgehead atoms. The lowest BCUT2D eigenvalue weighted by atomic mass is 10.0. The number of nitrogens with one attached hydrogen (secondary N) is 7. The van der Waals surface area contributed by atoms with Crippen molar-refractivity contribution >= 4 is 47.3 Å². The van der Waals surface area contributed by atoms with Crippen molar-refractivity contribution in [1.82, 2.24) is 42.1 Å². The molecule has 0 spiro atoms. The molecule has 0 aromatic rings. The van der Waals surface area contributed by atoms with E-state index in [-0.39, 0.29) is 24.8 Å². The van der Waals surface area contributed by atoms with Gasteiger partial charge in [0.2, 0.25) is 41.4 Å². The molecule has 0 aromatic carbocycles. The van der Waals surface area contributed by atoms with Crippen molar-refractivity contribution in [3.63, 3.8) is 0 Å². The summed E-state index contributed by atoms with van der Waals surface area (Å²) in [5.41, 5.74) is 0. The predicted molar refractivity (Wildman–Crippen MR) is 172 cm³/mol. The molecular formula is C30H52N8O10. The first-order valence-corrected chi connectivity index (χ1v) is 16.2. The van der Waals surface area contributed by atoms with Crippen molar-refractivity contribution in [1.29, 1.82) is 0 Å². The number of hydrogen-bond acceptors (Lipinski definition) is 10. The van der Waals surface area contributed by atoms with E-state index in [0.29, 0.717) is 32.4 Å². The Kier molecular flexibility index (Phi) is 18.7. The van der Waals surface area contributed by atoms with Crippen molar-refractivity contribution in [2.24, 2.45) is 5.92 Å². The zero-order valence-electron chi connectivity index (χ0n) is 28.3. The number of carboxylic acid groups (broad SMARTS) is 1. The first-order chi connectivity index (χ1) is 22.6. The monoisotopic (exact) mass is 684 g/mol. The van der Waals surface area contributed by atoms with Crippen LogP contribution in [0.1, 0.15) is 66.2 Å². The molecule has 1 rings (SSSR count). The van der Waals surface area contributed by atoms with E-state index in [1.807, 2.05) is 20.8 Å². The topological polar surface area (TPSA) is 264 Å². The third-order valence-electron chi connectivity index (χ3n) is 7.42. The standard InChI is InChI=1S/C30H52N8O10/c1-6-11-32-22(40)14-33-23(41)15-34-24(42)16-35-29(47)26(18(4)39)37-27(45)19(9-10-25(43)44)36-28(46)21-8-7-12-38(21)30(48)20(31-5)13-17(2)3/h17-21,26,31,39H,6-16H2,1-5H3,(H,32,40)(H,33,41)(H,34,42)(H,35,47)(H,36,46)(H,37,45)(H,43,44)/t18-,19+,20+,21+,26+/m1/s1. The highest BCUT2D eigenvalue weighted by Crippen LogP contribution is 2.21. The van der Waals surface area contributed by atoms with Crippen LogP contribution in [0.15, 0.2) is 0 Å². The van der Waals surface area contributed by atoms with Gasteiger partial charge in [0.15, 0.2) is 0 Å². The quantitative estimate of drug-likeness (QED) is 0.0578. The molecule has 7 amide bonds. The van der Waals surface area contributed by atoms with E-state index in [9.17, 15) is 48.6 Å². The molecule has 1 aliphatic rings. The van der Waals surface area contributed by atoms with Crippen LogP contribution in [0, 0.1) is 5.92 Å². The van der Waals surface area contributed by atoms with Gasteiger partial charge in [-0.05, 0) is 52.0 Å². The van der Waals surface area contributed by atoms with Crippen molar-refractivity contribution in [3.05, 3.63) is 0 Å². The fourth-order valence-corrected chi connectivity index (χ4v) is 4.87. The maximum atomic E-state index is 13.3. The van der Waals surface area contributed by atoms with E-state index in [0.717, 1.165) is 6.42 Å². The highest BCUT2D eigenvalue weighted by molar-refractivity contribution is 5.96. The smallest absolute Gasteiger partial charge is 0.303 e. The molecule has 0 radical (unpaired) electrons. The van der Waals surface area contributed by atoms with Gasteiger partial charge >= 0.3 is 5.97 Å². The molecule has 0 aliphatic carbocycles. The summed E-state index contributed by atoms with van der Waals surface area (Å²) in [5, 5.41) is 36.6. The second-order valence-corrected chi connectivity index (χ2v) is 12.0. The van der Waals surface area contributed by atoms with E-state index < -0.39 is 91.2 Å². The number of rotatable bonds is 21. The number of carbonyl (C=O) groups is 8. The fourth-order valence-electron chi connectivity index (χ4n) is 4.87. The van der Waals surface area contributed by atoms with Gasteiger partial charge in [-0.15, -0.1) is 0 Å². The highest BCUT2D eigenvalue weighted by Gasteiger charge is 2.39. The minimum absolute atomic E-state index is 0.209. The lowest BCUT2D eigenvalue weighted by molar-refractivity contribution is -0.142. The van der Waals surface area contributed by atoms with Crippen LogP contribution in [0.25, 0.3) is 0 Å². The second-order valence-electron chi connectivity index (χ2n) is 12.0. The molecule has 18 heteroatoms. The number of carboxylic acids is 1. The summed E-state index contributed by atoms with van der Waals surface area (Å²) < 4.78 is 0. The van der Waals surface area contributed by atoms with Crippen LogP contribution in [0.3, 0.4) is 0 Å². The van der Waals surface area contributed by atoms with Crippen molar-refractivity contribution in [2.75, 3.05) is 39.8 Å². The molecule has 0 unspecified atom stereocenters. The van der Waals surface area contributed by atoms with Crippen LogP contribution in [-0.2, 0) is 38.4 Å². The Labute approximate surface area is 280 Å². The second kappa shape index (κ2) is 21.5. The van der Waals surface area contributed by atoms with Crippen molar-refractivity contribution in [3.8, 4) is 0 Å². The molecule has 1 saturated heterocycles. The van der Waals surface area contributed by atoms with E-state index in [4.69, 9.17) is 0 Å². The normalized spacial score (nSPS) is 16.6. The number of aliphatic hydroxyl groups excluding tert-OH is 1. The SMILES string of the molecule is CCCNC(=O)CNC(=O)CNC(=O)CNC(=O)[C@@H](NC(=O)[C@H](CCC(=O)O)NC(=O)[C@@H]1CCCN1C(=O)[C@H](CC(C)C)NC)[C@@H](C)O. The number of aliphatic carboxylic acids is 1. The number of nitrogens with zero attached hydrogens (tertiary/aromatic N) is 1. The number of likely N-dealkylation sites (N-methyl/N-ethyl adjacent to an activating group) is 1. The lowest BCUT2D eigenvalue weighted by Crippen LogP contribution is -2.59. The largest absolute Gasteiger partial charge is 0.481 e. The first kappa shape index (κ1) is 41.7. The molecule has 0 saturated carbocycles. The lowest BCUT2D eigenvalue weighted by Gasteiger charge is -2.30. The van der Waals surface area contributed by atoms with E-state index in [2.05, 4.69) is 37.2 Å². The Morgan fingerprint density at radius 1 is 0.812 bits per heavy atom. The molecule has 5 atom stereocenters. The minimum Gasteiger partial charge on any atom is -0.481 e. The molecule has 9 N–H and O–H groups in total. The fraction of sp³-hybridized carbons (Fsp3) is 0.733. The van der Waals surface area contributed by atoms with Crippen LogP contribution in [-0.4, -0.2) is 132 Å². The van der Waals surface area contributed by atoms with Crippen molar-refractivity contribution in [2.45, 2.75) is 96.5 Å². The molecule has 1 heterocycles. The van der Waals surface area contributed by atoms with Crippen molar-refractivity contribution < 1.29 is 48.6 Å². The third-order valence-corrected chi connectivity index (χ3v) is 7.42. The van der Waals surface area contributed by atoms with Gasteiger partial charge in [-0.25, -0.2) is 0 Å². The summed E-state index contributed by atoms with van der Waals surface area (Å²) in [6, 6.07) is -4.44. The van der Waals surface area contributed by atoms with Crippen LogP contribution in [0.4, 0.5) is 0 Å². The Morgan fingerprint density at radius 2 is 1.40 bits per heavy atom. The number of carbonyl (C=O) groups excluding carboxylic acids is 7. The van der Waals surface area contributed by atoms with E-state index >= 15 is 0 Å². The van der Waals surface area contributed by atoms with Crippen LogP contribution in [0.5, 0.6) is 0 Å². The van der Waals surface area contributed by atoms with Gasteiger partial charge in [-0.2, -0.15) is 0 Å². The summed E-state index contributed by atoms with van der Waals surface area (Å²) in [4.78, 5) is 101. The molecule has 0 aromatic heterocycles. The van der Waals surface area contributed by atoms with Gasteiger partial charge in [-0.1, -0.05) is 20.8 Å². The summed E-state index contributed by atoms with van der Waals surface area (Å²) in [7, 11) is 1.65. The van der Waals surface area contributed by atoms with Gasteiger partial charge in [0.25, 0.3) is 0 Å². The third kappa shape index (κ3) is 15.1. The van der Waals surface area contributed by atoms with Gasteiger partial charge < -0.3 is 52.3 Å². The van der Waals surface area contributed by atoms with Crippen LogP contribution in [0.2, 0.25) is 0 Å². The molecule has 1 fully saturated rings. The van der Waals surface area contributed by atoms with E-state index in [1.165, 1.54) is 11.8 Å². The molecule has 18 nitrogen and oxygen atoms in total. The van der Waals surface area contributed by atoms with Gasteiger partial charge in [0.05, 0.1) is 31.8 Å². The first-order valence-electron chi connectivity index (χ1n) is 16.2. The summed E-state index contributed by atoms with van der Waals surface area (Å²) >= 11 is 0. The minimum atomic E-state index is -1.60. The van der Waals surface area contributed by atoms with Gasteiger partial charge in [-0.3, -0.25) is 38.4 Å². The maximum absolute atomic E-state index is 13.3. The zero-order chi connectivity index (χ0) is 36.4. The summed E-state index contributed by atoms with van der Waals surface area (Å²) in [6.07, 6.45) is -0.180. The Morgan fingerprint density at radius 3 is 1.92 bits per heavy atom. The van der Waals surface area contributed by atoms with Gasteiger partial charge in [0, 0.05) is 19.5 Å². The number of likely N-dealkylation sites (tertiary alicyclic amines) is 1. The average molecular weight is 685 g/mol. The highest BCUT2D eigenvalue weighted by atomic mass is 16.4. The zero-order valence-corrected chi connectivity index (χ0v) is 28.3. The number of amides is 7. The molecular weight excluding hydrogens is 632 g/mol. The Balaban J connectivity index is 2.83.